The van der Waals surface area contributed by atoms with Crippen LogP contribution in [0.5, 0.6) is 0 Å². The molecule has 0 fully saturated rings. The molecule has 0 N–H and O–H groups in total. The van der Waals surface area contributed by atoms with E-state index in [1.165, 1.54) is 16.7 Å². The van der Waals surface area contributed by atoms with Gasteiger partial charge < -0.3 is 12.4 Å². The van der Waals surface area contributed by atoms with Crippen molar-refractivity contribution in [1.82, 2.24) is 0 Å². The van der Waals surface area contributed by atoms with Crippen molar-refractivity contribution in [2.24, 2.45) is 0 Å². The van der Waals surface area contributed by atoms with Crippen LogP contribution >= 0.6 is 0 Å². The average molecular weight is 304 g/mol. The Morgan fingerprint density at radius 2 is 1.12 bits per heavy atom. The van der Waals surface area contributed by atoms with E-state index in [1.54, 1.807) is 0 Å². The van der Waals surface area contributed by atoms with Crippen LogP contribution in [0.4, 0.5) is 0 Å². The van der Waals surface area contributed by atoms with Crippen molar-refractivity contribution >= 4 is 0 Å². The molecule has 0 nitrogen and oxygen atoms in total. The fraction of sp³-hybridized carbons (Fsp3) is 0.600. The van der Waals surface area contributed by atoms with Gasteiger partial charge in [-0.3, -0.25) is 0 Å². The van der Waals surface area contributed by atoms with E-state index in [9.17, 15) is 0 Å². The van der Waals surface area contributed by atoms with Gasteiger partial charge in [0.05, 0.1) is 0 Å². The largest absolute Gasteiger partial charge is 1.00 e. The third-order valence-corrected chi connectivity index (χ3v) is 2.84. The van der Waals surface area contributed by atoms with Crippen LogP contribution < -0.4 is 12.4 Å². The quantitative estimate of drug-likeness (QED) is 0.748. The van der Waals surface area contributed by atoms with Gasteiger partial charge in [-0.25, -0.2) is 0 Å². The molecule has 0 atom stereocenters. The second-order valence-electron chi connectivity index (χ2n) is 5.29. The van der Waals surface area contributed by atoms with Gasteiger partial charge in [-0.05, 0) is 40.5 Å². The molecular formula is C15H23ClZn-. The Kier molecular flexibility index (Phi) is 9.48. The summed E-state index contributed by atoms with van der Waals surface area (Å²) in [4.78, 5) is 0. The van der Waals surface area contributed by atoms with Gasteiger partial charge in [-0.1, -0.05) is 53.7 Å². The Hall–Kier alpha value is 0.133. The van der Waals surface area contributed by atoms with Crippen LogP contribution in [0.2, 0.25) is 0 Å². The third-order valence-electron chi connectivity index (χ3n) is 2.84. The van der Waals surface area contributed by atoms with E-state index in [-0.39, 0.29) is 31.9 Å². The summed E-state index contributed by atoms with van der Waals surface area (Å²) < 4.78 is 0. The summed E-state index contributed by atoms with van der Waals surface area (Å²) in [6, 6.07) is 8.15. The van der Waals surface area contributed by atoms with Crippen molar-refractivity contribution in [2.75, 3.05) is 0 Å². The molecule has 0 unspecified atom stereocenters. The molecule has 0 saturated carbocycles. The predicted octanol–water partition coefficient (Wildman–Crippen LogP) is 1.86. The Bertz CT molecular complexity index is 265. The Balaban J connectivity index is 0. The average Bonchev–Trinajstić information content (AvgIpc) is 2.16. The second-order valence-corrected chi connectivity index (χ2v) is 5.29. The molecule has 0 heterocycles. The maximum Gasteiger partial charge on any atom is 0 e. The Morgan fingerprint density at radius 1 is 0.765 bits per heavy atom. The molecular weight excluding hydrogens is 281 g/mol. The maximum atomic E-state index is 3.54. The van der Waals surface area contributed by atoms with E-state index in [0.29, 0.717) is 17.8 Å². The molecule has 0 amide bonds. The normalized spacial score (nSPS) is 10.4. The van der Waals surface area contributed by atoms with Crippen LogP contribution in [0.3, 0.4) is 0 Å². The molecule has 0 aliphatic carbocycles. The zero-order chi connectivity index (χ0) is 11.6. The summed E-state index contributed by atoms with van der Waals surface area (Å²) in [6.45, 7) is 13.5. The first-order chi connectivity index (χ1) is 6.91. The van der Waals surface area contributed by atoms with E-state index in [0.717, 1.165) is 0 Å². The van der Waals surface area contributed by atoms with E-state index >= 15 is 0 Å². The Labute approximate surface area is 126 Å². The molecule has 0 aliphatic rings. The van der Waals surface area contributed by atoms with E-state index in [2.05, 4.69) is 59.7 Å². The van der Waals surface area contributed by atoms with Gasteiger partial charge >= 0.3 is 0 Å². The van der Waals surface area contributed by atoms with Crippen molar-refractivity contribution in [3.8, 4) is 0 Å². The molecule has 1 aromatic rings. The first-order valence-electron chi connectivity index (χ1n) is 5.98. The van der Waals surface area contributed by atoms with Gasteiger partial charge in [0.1, 0.15) is 0 Å². The molecule has 1 radical (unpaired) electrons. The fourth-order valence-electron chi connectivity index (χ4n) is 1.59. The number of rotatable bonds is 3. The van der Waals surface area contributed by atoms with E-state index < -0.39 is 0 Å². The maximum absolute atomic E-state index is 3.54. The van der Waals surface area contributed by atoms with Crippen molar-refractivity contribution < 1.29 is 31.9 Å². The molecule has 0 spiro atoms. The topological polar surface area (TPSA) is 0 Å². The zero-order valence-electron chi connectivity index (χ0n) is 12.0. The van der Waals surface area contributed by atoms with Gasteiger partial charge in [-0.15, -0.1) is 0 Å². The minimum atomic E-state index is 0. The number of hydrogen-bond acceptors (Lipinski definition) is 0. The number of hydrogen-bond donors (Lipinski definition) is 0. The molecule has 1 rings (SSSR count). The van der Waals surface area contributed by atoms with Gasteiger partial charge in [0, 0.05) is 19.5 Å². The van der Waals surface area contributed by atoms with Crippen LogP contribution in [0, 0.1) is 6.07 Å². The molecule has 0 saturated heterocycles. The van der Waals surface area contributed by atoms with E-state index in [1.807, 2.05) is 0 Å². The summed E-state index contributed by atoms with van der Waals surface area (Å²) >= 11 is 0. The third kappa shape index (κ3) is 5.53. The van der Waals surface area contributed by atoms with Crippen molar-refractivity contribution in [3.63, 3.8) is 0 Å². The van der Waals surface area contributed by atoms with Gasteiger partial charge in [0.2, 0.25) is 0 Å². The first kappa shape index (κ1) is 19.5. The van der Waals surface area contributed by atoms with Crippen LogP contribution in [-0.4, -0.2) is 0 Å². The van der Waals surface area contributed by atoms with Gasteiger partial charge in [0.15, 0.2) is 0 Å². The van der Waals surface area contributed by atoms with Gasteiger partial charge in [-0.2, -0.15) is 0 Å². The molecule has 0 aliphatic heterocycles. The summed E-state index contributed by atoms with van der Waals surface area (Å²) in [5.74, 6) is 1.75. The molecule has 1 aromatic carbocycles. The Morgan fingerprint density at radius 3 is 1.35 bits per heavy atom. The summed E-state index contributed by atoms with van der Waals surface area (Å²) in [7, 11) is 0. The molecule has 2 heteroatoms. The zero-order valence-corrected chi connectivity index (χ0v) is 15.7. The standard InChI is InChI=1S/C15H23.ClH.Zn/c1-10(2)13-7-14(11(3)4)9-15(8-13)12(5)6;;/h7-8,10-12H,1-6H3;1H;/p-1. The SMILES string of the molecule is CC(C)c1[c]c(C(C)C)cc(C(C)C)c1.[Cl-].[Zn]. The van der Waals surface area contributed by atoms with Crippen molar-refractivity contribution in [1.29, 1.82) is 0 Å². The number of benzene rings is 1. The summed E-state index contributed by atoms with van der Waals surface area (Å²) in [5, 5.41) is 0. The van der Waals surface area contributed by atoms with Crippen LogP contribution in [0.25, 0.3) is 0 Å². The van der Waals surface area contributed by atoms with E-state index in [4.69, 9.17) is 0 Å². The number of halogens is 1. The summed E-state index contributed by atoms with van der Waals surface area (Å²) in [6.07, 6.45) is 0. The van der Waals surface area contributed by atoms with Crippen LogP contribution in [0.15, 0.2) is 12.1 Å². The summed E-state index contributed by atoms with van der Waals surface area (Å²) in [5.41, 5.74) is 4.15. The molecule has 17 heavy (non-hydrogen) atoms. The molecule has 0 bridgehead atoms. The molecule has 0 aromatic heterocycles. The first-order valence-corrected chi connectivity index (χ1v) is 5.98. The van der Waals surface area contributed by atoms with Crippen LogP contribution in [0.1, 0.15) is 76.0 Å². The fourth-order valence-corrected chi connectivity index (χ4v) is 1.59. The van der Waals surface area contributed by atoms with Crippen LogP contribution in [-0.2, 0) is 19.5 Å². The minimum Gasteiger partial charge on any atom is -1.00 e. The smallest absolute Gasteiger partial charge is 0 e. The monoisotopic (exact) mass is 302 g/mol. The minimum absolute atomic E-state index is 0. The van der Waals surface area contributed by atoms with Gasteiger partial charge in [0.25, 0.3) is 0 Å². The van der Waals surface area contributed by atoms with Crippen molar-refractivity contribution in [3.05, 3.63) is 34.9 Å². The van der Waals surface area contributed by atoms with Crippen molar-refractivity contribution in [2.45, 2.75) is 59.3 Å². The molecule has 93 valence electrons. The predicted molar refractivity (Wildman–Crippen MR) is 67.5 cm³/mol. The second kappa shape index (κ2) is 8.27.